The van der Waals surface area contributed by atoms with Crippen LogP contribution in [0.4, 0.5) is 0 Å². The third-order valence-electron chi connectivity index (χ3n) is 3.91. The fourth-order valence-corrected chi connectivity index (χ4v) is 2.80. The molecule has 0 spiro atoms. The summed E-state index contributed by atoms with van der Waals surface area (Å²) in [4.78, 5) is 12.0. The van der Waals surface area contributed by atoms with Crippen LogP contribution in [0.3, 0.4) is 0 Å². The highest BCUT2D eigenvalue weighted by molar-refractivity contribution is 6.01. The molecule has 0 aromatic heterocycles. The molecule has 0 fully saturated rings. The molecule has 0 aliphatic carbocycles. The molecule has 3 aromatic carbocycles. The monoisotopic (exact) mass is 314 g/mol. The molecular formula is C22H18O2. The number of benzene rings is 3. The summed E-state index contributed by atoms with van der Waals surface area (Å²) < 4.78 is 0. The molecule has 0 saturated carbocycles. The molecule has 0 unspecified atom stereocenters. The quantitative estimate of drug-likeness (QED) is 0.686. The molecule has 3 aromatic rings. The van der Waals surface area contributed by atoms with E-state index < -0.39 is 5.97 Å². The number of carboxylic acid groups (broad SMARTS) is 1. The van der Waals surface area contributed by atoms with Crippen molar-refractivity contribution >= 4 is 11.5 Å². The molecule has 2 nitrogen and oxygen atoms in total. The van der Waals surface area contributed by atoms with Gasteiger partial charge in [-0.1, -0.05) is 91.0 Å². The van der Waals surface area contributed by atoms with Crippen LogP contribution in [0.5, 0.6) is 0 Å². The number of aliphatic carboxylic acids is 1. The third kappa shape index (κ3) is 3.61. The van der Waals surface area contributed by atoms with Crippen LogP contribution >= 0.6 is 0 Å². The molecule has 0 heterocycles. The zero-order valence-electron chi connectivity index (χ0n) is 13.2. The summed E-state index contributed by atoms with van der Waals surface area (Å²) in [5, 5.41) is 9.87. The van der Waals surface area contributed by atoms with E-state index in [4.69, 9.17) is 0 Å². The molecule has 0 saturated heterocycles. The number of carboxylic acids is 1. The highest BCUT2D eigenvalue weighted by Crippen LogP contribution is 2.29. The van der Waals surface area contributed by atoms with Gasteiger partial charge in [-0.3, -0.25) is 0 Å². The van der Waals surface area contributed by atoms with E-state index in [1.54, 1.807) is 0 Å². The molecule has 0 aliphatic heterocycles. The lowest BCUT2D eigenvalue weighted by Crippen LogP contribution is -2.08. The Balaban J connectivity index is 2.19. The first kappa shape index (κ1) is 15.8. The van der Waals surface area contributed by atoms with Crippen LogP contribution in [0, 0.1) is 0 Å². The molecule has 0 radical (unpaired) electrons. The van der Waals surface area contributed by atoms with Crippen LogP contribution in [0.15, 0.2) is 96.6 Å². The highest BCUT2D eigenvalue weighted by atomic mass is 16.4. The minimum absolute atomic E-state index is 0.384. The summed E-state index contributed by atoms with van der Waals surface area (Å²) >= 11 is 0. The molecule has 0 atom stereocenters. The van der Waals surface area contributed by atoms with Crippen LogP contribution in [0.25, 0.3) is 5.57 Å². The second-order valence-electron chi connectivity index (χ2n) is 5.55. The van der Waals surface area contributed by atoms with Gasteiger partial charge in [0.25, 0.3) is 0 Å². The van der Waals surface area contributed by atoms with E-state index in [9.17, 15) is 9.90 Å². The van der Waals surface area contributed by atoms with Crippen LogP contribution in [0.1, 0.15) is 16.7 Å². The van der Waals surface area contributed by atoms with Gasteiger partial charge in [0.05, 0.1) is 0 Å². The fourth-order valence-electron chi connectivity index (χ4n) is 2.80. The molecular weight excluding hydrogens is 296 g/mol. The minimum atomic E-state index is -0.887. The molecule has 0 bridgehead atoms. The van der Waals surface area contributed by atoms with Crippen molar-refractivity contribution in [3.8, 4) is 0 Å². The van der Waals surface area contributed by atoms with Crippen molar-refractivity contribution in [1.29, 1.82) is 0 Å². The largest absolute Gasteiger partial charge is 0.478 e. The van der Waals surface area contributed by atoms with E-state index in [1.807, 2.05) is 91.0 Å². The summed E-state index contributed by atoms with van der Waals surface area (Å²) in [5.41, 5.74) is 3.99. The maximum Gasteiger partial charge on any atom is 0.332 e. The lowest BCUT2D eigenvalue weighted by Gasteiger charge is -2.14. The average Bonchev–Trinajstić information content (AvgIpc) is 2.64. The van der Waals surface area contributed by atoms with E-state index >= 15 is 0 Å². The normalized spacial score (nSPS) is 10.2. The number of hydrogen-bond acceptors (Lipinski definition) is 1. The topological polar surface area (TPSA) is 37.3 Å². The SMILES string of the molecule is O=C(O)C(Cc1ccccc1)=C(c1ccccc1)c1ccccc1. The fraction of sp³-hybridized carbons (Fsp3) is 0.0455. The van der Waals surface area contributed by atoms with Gasteiger partial charge >= 0.3 is 5.97 Å². The summed E-state index contributed by atoms with van der Waals surface area (Å²) in [6.07, 6.45) is 0.384. The zero-order valence-corrected chi connectivity index (χ0v) is 13.2. The smallest absolute Gasteiger partial charge is 0.332 e. The molecule has 3 rings (SSSR count). The molecule has 118 valence electrons. The summed E-state index contributed by atoms with van der Waals surface area (Å²) in [6.45, 7) is 0. The summed E-state index contributed by atoms with van der Waals surface area (Å²) in [5.74, 6) is -0.887. The maximum atomic E-state index is 12.0. The van der Waals surface area contributed by atoms with Crippen molar-refractivity contribution in [1.82, 2.24) is 0 Å². The van der Waals surface area contributed by atoms with Gasteiger partial charge in [0.2, 0.25) is 0 Å². The Morgan fingerprint density at radius 2 is 1.08 bits per heavy atom. The van der Waals surface area contributed by atoms with Crippen molar-refractivity contribution in [3.05, 3.63) is 113 Å². The number of rotatable bonds is 5. The second kappa shape index (κ2) is 7.42. The van der Waals surface area contributed by atoms with Gasteiger partial charge in [-0.2, -0.15) is 0 Å². The van der Waals surface area contributed by atoms with Gasteiger partial charge in [0, 0.05) is 12.0 Å². The predicted octanol–water partition coefficient (Wildman–Crippen LogP) is 4.82. The van der Waals surface area contributed by atoms with Gasteiger partial charge in [-0.05, 0) is 22.3 Å². The Bertz CT molecular complexity index is 793. The Kier molecular flexibility index (Phi) is 4.87. The molecule has 0 amide bonds. The number of hydrogen-bond donors (Lipinski definition) is 1. The van der Waals surface area contributed by atoms with Crippen LogP contribution < -0.4 is 0 Å². The predicted molar refractivity (Wildman–Crippen MR) is 96.7 cm³/mol. The van der Waals surface area contributed by atoms with Crippen molar-refractivity contribution in [3.63, 3.8) is 0 Å². The Morgan fingerprint density at radius 3 is 1.50 bits per heavy atom. The van der Waals surface area contributed by atoms with E-state index in [2.05, 4.69) is 0 Å². The van der Waals surface area contributed by atoms with E-state index in [-0.39, 0.29) is 0 Å². The first-order chi connectivity index (χ1) is 11.8. The van der Waals surface area contributed by atoms with E-state index in [1.165, 1.54) is 0 Å². The Hall–Kier alpha value is -3.13. The maximum absolute atomic E-state index is 12.0. The molecule has 1 N–H and O–H groups in total. The van der Waals surface area contributed by atoms with Gasteiger partial charge in [-0.25, -0.2) is 4.79 Å². The minimum Gasteiger partial charge on any atom is -0.478 e. The van der Waals surface area contributed by atoms with Crippen molar-refractivity contribution in [2.75, 3.05) is 0 Å². The third-order valence-corrected chi connectivity index (χ3v) is 3.91. The van der Waals surface area contributed by atoms with E-state index in [0.29, 0.717) is 12.0 Å². The van der Waals surface area contributed by atoms with Crippen molar-refractivity contribution < 1.29 is 9.90 Å². The Morgan fingerprint density at radius 1 is 0.667 bits per heavy atom. The van der Waals surface area contributed by atoms with E-state index in [0.717, 1.165) is 22.3 Å². The van der Waals surface area contributed by atoms with Crippen molar-refractivity contribution in [2.24, 2.45) is 0 Å². The molecule has 24 heavy (non-hydrogen) atoms. The first-order valence-corrected chi connectivity index (χ1v) is 7.87. The standard InChI is InChI=1S/C22H18O2/c23-22(24)20(16-17-10-4-1-5-11-17)21(18-12-6-2-7-13-18)19-14-8-3-9-15-19/h1-15H,16H2,(H,23,24). The second-order valence-corrected chi connectivity index (χ2v) is 5.55. The summed E-state index contributed by atoms with van der Waals surface area (Å²) in [7, 11) is 0. The Labute approximate surface area is 141 Å². The lowest BCUT2D eigenvalue weighted by atomic mass is 9.90. The van der Waals surface area contributed by atoms with Crippen LogP contribution in [-0.2, 0) is 11.2 Å². The van der Waals surface area contributed by atoms with Gasteiger partial charge in [-0.15, -0.1) is 0 Å². The number of carbonyl (C=O) groups is 1. The molecule has 2 heteroatoms. The lowest BCUT2D eigenvalue weighted by molar-refractivity contribution is -0.132. The average molecular weight is 314 g/mol. The van der Waals surface area contributed by atoms with Gasteiger partial charge < -0.3 is 5.11 Å². The van der Waals surface area contributed by atoms with Crippen LogP contribution in [0.2, 0.25) is 0 Å². The zero-order chi connectivity index (χ0) is 16.8. The first-order valence-electron chi connectivity index (χ1n) is 7.87. The van der Waals surface area contributed by atoms with Gasteiger partial charge in [0.1, 0.15) is 0 Å². The molecule has 0 aliphatic rings. The highest BCUT2D eigenvalue weighted by Gasteiger charge is 2.18. The van der Waals surface area contributed by atoms with Gasteiger partial charge in [0.15, 0.2) is 0 Å². The summed E-state index contributed by atoms with van der Waals surface area (Å²) in [6, 6.07) is 29.1. The van der Waals surface area contributed by atoms with Crippen molar-refractivity contribution in [2.45, 2.75) is 6.42 Å². The van der Waals surface area contributed by atoms with Crippen LogP contribution in [-0.4, -0.2) is 11.1 Å².